The molecule has 0 spiro atoms. The molecule has 1 aromatic carbocycles. The molecular weight excluding hydrogens is 225 g/mol. The molecule has 1 aromatic rings. The molecule has 0 bridgehead atoms. The van der Waals surface area contributed by atoms with E-state index in [9.17, 15) is 4.39 Å². The van der Waals surface area contributed by atoms with Crippen molar-refractivity contribution in [2.75, 3.05) is 5.32 Å². The topological polar surface area (TPSA) is 12.0 Å². The summed E-state index contributed by atoms with van der Waals surface area (Å²) in [5.74, 6) is 0.783. The van der Waals surface area contributed by atoms with Crippen molar-refractivity contribution >= 4 is 5.69 Å². The Balaban J connectivity index is 1.99. The lowest BCUT2D eigenvalue weighted by molar-refractivity contribution is 0.444. The molecule has 0 saturated heterocycles. The Morgan fingerprint density at radius 2 is 2.06 bits per heavy atom. The Morgan fingerprint density at radius 1 is 1.22 bits per heavy atom. The molecule has 0 heterocycles. The summed E-state index contributed by atoms with van der Waals surface area (Å²) in [6, 6.07) is 5.82. The summed E-state index contributed by atoms with van der Waals surface area (Å²) in [5.41, 5.74) is 1.71. The van der Waals surface area contributed by atoms with Crippen LogP contribution in [0.15, 0.2) is 18.2 Å². The van der Waals surface area contributed by atoms with Crippen LogP contribution >= 0.6 is 0 Å². The summed E-state index contributed by atoms with van der Waals surface area (Å²) in [7, 11) is 0. The molecule has 1 N–H and O–H groups in total. The highest BCUT2D eigenvalue weighted by Gasteiger charge is 2.18. The smallest absolute Gasteiger partial charge is 0.128 e. The lowest BCUT2D eigenvalue weighted by Gasteiger charge is -2.19. The second kappa shape index (κ2) is 6.21. The second-order valence-corrected chi connectivity index (χ2v) is 5.54. The zero-order valence-corrected chi connectivity index (χ0v) is 11.5. The minimum atomic E-state index is -0.111. The first-order chi connectivity index (χ1) is 8.70. The van der Waals surface area contributed by atoms with Crippen LogP contribution in [0.5, 0.6) is 0 Å². The van der Waals surface area contributed by atoms with Crippen molar-refractivity contribution in [3.05, 3.63) is 29.6 Å². The van der Waals surface area contributed by atoms with Crippen LogP contribution in [0.2, 0.25) is 0 Å². The van der Waals surface area contributed by atoms with Gasteiger partial charge in [-0.1, -0.05) is 32.3 Å². The highest BCUT2D eigenvalue weighted by atomic mass is 19.1. The van der Waals surface area contributed by atoms with Crippen LogP contribution in [0, 0.1) is 18.7 Å². The molecule has 1 aliphatic rings. The van der Waals surface area contributed by atoms with E-state index >= 15 is 0 Å². The molecule has 2 rings (SSSR count). The largest absolute Gasteiger partial charge is 0.382 e. The number of halogens is 1. The predicted molar refractivity (Wildman–Crippen MR) is 75.4 cm³/mol. The van der Waals surface area contributed by atoms with E-state index in [0.29, 0.717) is 6.04 Å². The van der Waals surface area contributed by atoms with Crippen molar-refractivity contribution in [1.29, 1.82) is 0 Å². The molecule has 1 saturated carbocycles. The highest BCUT2D eigenvalue weighted by Crippen LogP contribution is 2.28. The Hall–Kier alpha value is -1.05. The fourth-order valence-electron chi connectivity index (χ4n) is 2.91. The van der Waals surface area contributed by atoms with Gasteiger partial charge in [0.2, 0.25) is 0 Å². The molecule has 0 aliphatic heterocycles. The van der Waals surface area contributed by atoms with Crippen LogP contribution in [0.4, 0.5) is 10.1 Å². The van der Waals surface area contributed by atoms with Gasteiger partial charge in [-0.25, -0.2) is 4.39 Å². The highest BCUT2D eigenvalue weighted by molar-refractivity contribution is 5.51. The van der Waals surface area contributed by atoms with Crippen LogP contribution in [0.1, 0.15) is 51.0 Å². The van der Waals surface area contributed by atoms with Crippen molar-refractivity contribution in [2.45, 2.75) is 58.4 Å². The minimum Gasteiger partial charge on any atom is -0.382 e. The van der Waals surface area contributed by atoms with Crippen LogP contribution in [-0.2, 0) is 0 Å². The first kappa shape index (κ1) is 13.4. The summed E-state index contributed by atoms with van der Waals surface area (Å²) < 4.78 is 13.5. The summed E-state index contributed by atoms with van der Waals surface area (Å²) in [6.07, 6.45) is 7.69. The van der Waals surface area contributed by atoms with Crippen LogP contribution < -0.4 is 5.32 Å². The number of hydrogen-bond acceptors (Lipinski definition) is 1. The molecule has 0 amide bonds. The number of anilines is 1. The first-order valence-corrected chi connectivity index (χ1v) is 7.22. The van der Waals surface area contributed by atoms with Gasteiger partial charge in [0.05, 0.1) is 0 Å². The van der Waals surface area contributed by atoms with Gasteiger partial charge in [0, 0.05) is 17.3 Å². The molecule has 2 unspecified atom stereocenters. The minimum absolute atomic E-state index is 0.111. The maximum absolute atomic E-state index is 13.5. The van der Waals surface area contributed by atoms with Gasteiger partial charge in [-0.05, 0) is 44.2 Å². The van der Waals surface area contributed by atoms with Gasteiger partial charge in [0.15, 0.2) is 0 Å². The molecule has 1 aliphatic carbocycles. The average molecular weight is 249 g/mol. The molecule has 1 nitrogen and oxygen atoms in total. The van der Waals surface area contributed by atoms with Crippen LogP contribution in [0.3, 0.4) is 0 Å². The standard InChI is InChI=1S/C16H24FN/c1-3-13-6-4-7-14(11-10-13)18-16-9-5-8-15(17)12(16)2/h5,8-9,13-14,18H,3-4,6-7,10-11H2,1-2H3. The predicted octanol–water partition coefficient (Wildman–Crippen LogP) is 4.90. The second-order valence-electron chi connectivity index (χ2n) is 5.54. The third-order valence-electron chi connectivity index (χ3n) is 4.29. The zero-order chi connectivity index (χ0) is 13.0. The van der Waals surface area contributed by atoms with Crippen molar-refractivity contribution < 1.29 is 4.39 Å². The summed E-state index contributed by atoms with van der Waals surface area (Å²) in [4.78, 5) is 0. The number of rotatable bonds is 3. The molecule has 2 atom stereocenters. The lowest BCUT2D eigenvalue weighted by atomic mass is 9.98. The summed E-state index contributed by atoms with van der Waals surface area (Å²) >= 11 is 0. The maximum Gasteiger partial charge on any atom is 0.128 e. The van der Waals surface area contributed by atoms with E-state index in [1.54, 1.807) is 6.07 Å². The molecule has 0 radical (unpaired) electrons. The normalized spacial score (nSPS) is 24.6. The van der Waals surface area contributed by atoms with Gasteiger partial charge in [-0.15, -0.1) is 0 Å². The van der Waals surface area contributed by atoms with Crippen molar-refractivity contribution in [2.24, 2.45) is 5.92 Å². The average Bonchev–Trinajstić information content (AvgIpc) is 2.60. The van der Waals surface area contributed by atoms with E-state index in [-0.39, 0.29) is 5.82 Å². The number of nitrogens with one attached hydrogen (secondary N) is 1. The van der Waals surface area contributed by atoms with Crippen molar-refractivity contribution in [1.82, 2.24) is 0 Å². The Kier molecular flexibility index (Phi) is 4.62. The Morgan fingerprint density at radius 3 is 2.83 bits per heavy atom. The Bertz CT molecular complexity index is 389. The fourth-order valence-corrected chi connectivity index (χ4v) is 2.91. The molecular formula is C16H24FN. The summed E-state index contributed by atoms with van der Waals surface area (Å²) in [6.45, 7) is 4.14. The maximum atomic E-state index is 13.5. The van der Waals surface area contributed by atoms with Crippen molar-refractivity contribution in [3.8, 4) is 0 Å². The van der Waals surface area contributed by atoms with Crippen LogP contribution in [-0.4, -0.2) is 6.04 Å². The van der Waals surface area contributed by atoms with E-state index < -0.39 is 0 Å². The van der Waals surface area contributed by atoms with E-state index in [2.05, 4.69) is 12.2 Å². The van der Waals surface area contributed by atoms with E-state index in [1.165, 1.54) is 44.6 Å². The fraction of sp³-hybridized carbons (Fsp3) is 0.625. The molecule has 100 valence electrons. The van der Waals surface area contributed by atoms with Crippen molar-refractivity contribution in [3.63, 3.8) is 0 Å². The van der Waals surface area contributed by atoms with E-state index in [1.807, 2.05) is 13.0 Å². The molecule has 0 aromatic heterocycles. The quantitative estimate of drug-likeness (QED) is 0.751. The van der Waals surface area contributed by atoms with Gasteiger partial charge in [-0.2, -0.15) is 0 Å². The summed E-state index contributed by atoms with van der Waals surface area (Å²) in [5, 5.41) is 3.53. The van der Waals surface area contributed by atoms with Gasteiger partial charge in [-0.3, -0.25) is 0 Å². The van der Waals surface area contributed by atoms with Gasteiger partial charge >= 0.3 is 0 Å². The third-order valence-corrected chi connectivity index (χ3v) is 4.29. The van der Waals surface area contributed by atoms with Gasteiger partial charge < -0.3 is 5.32 Å². The third kappa shape index (κ3) is 3.24. The monoisotopic (exact) mass is 249 g/mol. The van der Waals surface area contributed by atoms with E-state index in [0.717, 1.165) is 17.2 Å². The van der Waals surface area contributed by atoms with E-state index in [4.69, 9.17) is 0 Å². The molecule has 18 heavy (non-hydrogen) atoms. The van der Waals surface area contributed by atoms with Gasteiger partial charge in [0.25, 0.3) is 0 Å². The lowest BCUT2D eigenvalue weighted by Crippen LogP contribution is -2.19. The zero-order valence-electron chi connectivity index (χ0n) is 11.5. The SMILES string of the molecule is CCC1CCCC(Nc2cccc(F)c2C)CC1. The molecule has 2 heteroatoms. The first-order valence-electron chi connectivity index (χ1n) is 7.22. The Labute approximate surface area is 110 Å². The molecule has 1 fully saturated rings. The number of hydrogen-bond donors (Lipinski definition) is 1. The van der Waals surface area contributed by atoms with Gasteiger partial charge in [0.1, 0.15) is 5.82 Å². The number of benzene rings is 1. The van der Waals surface area contributed by atoms with Crippen LogP contribution in [0.25, 0.3) is 0 Å².